The molecule has 0 spiro atoms. The number of carbonyl (C=O) groups is 3. The summed E-state index contributed by atoms with van der Waals surface area (Å²) in [6, 6.07) is 8.84. The molecule has 0 unspecified atom stereocenters. The Bertz CT molecular complexity index is 4020. The average Bonchev–Trinajstić information content (AvgIpc) is 1.12. The second-order valence-electron chi connectivity index (χ2n) is 23.4. The summed E-state index contributed by atoms with van der Waals surface area (Å²) in [7, 11) is -19.7. The summed E-state index contributed by atoms with van der Waals surface area (Å²) in [5.74, 6) is -3.55. The summed E-state index contributed by atoms with van der Waals surface area (Å²) in [4.78, 5) is 39.8. The fourth-order valence-corrected chi connectivity index (χ4v) is 12.0. The van der Waals surface area contributed by atoms with E-state index in [9.17, 15) is 74.7 Å². The zero-order valence-electron chi connectivity index (χ0n) is 57.2. The van der Waals surface area contributed by atoms with Crippen LogP contribution in [0, 0.1) is 0 Å². The first-order chi connectivity index (χ1) is 48.3. The second-order valence-corrected chi connectivity index (χ2v) is 31.2. The van der Waals surface area contributed by atoms with Crippen LogP contribution in [0.4, 0.5) is 0 Å². The number of carbonyl (C=O) groups excluding carboxylic acids is 3. The van der Waals surface area contributed by atoms with Gasteiger partial charge in [0.05, 0.1) is 93.0 Å². The molecule has 0 fully saturated rings. The van der Waals surface area contributed by atoms with E-state index in [1.807, 2.05) is 20.2 Å². The number of Topliss-reactive ketones (excluding diaryl/α,β-unsaturated/α-hetero) is 1. The highest BCUT2D eigenvalue weighted by molar-refractivity contribution is 7.86. The third-order valence-corrected chi connectivity index (χ3v) is 18.5. The maximum Gasteiger partial charge on any atom is 0.264 e. The maximum absolute atomic E-state index is 13.5. The summed E-state index contributed by atoms with van der Waals surface area (Å²) < 4.78 is 210. The molecule has 572 valence electrons. The lowest BCUT2D eigenvalue weighted by Crippen LogP contribution is -2.25. The first-order valence-corrected chi connectivity index (χ1v) is 41.1. The van der Waals surface area contributed by atoms with Crippen LogP contribution in [0.15, 0.2) is 48.8 Å². The lowest BCUT2D eigenvalue weighted by Gasteiger charge is -2.18. The predicted molar refractivity (Wildman–Crippen MR) is 371 cm³/mol. The molecule has 40 heteroatoms. The standard InChI is InChI=1S/C62H93N9O26S5/c1-4-25-90-55-40-48(41-56(93-28-12-33-98(75,76)77)59(55)96-31-15-36-101(84,85)86)61(73)64-21-10-23-70-44-50(66-68-70)17-5-7-26-91-53-38-47(46(2)72)39-54(52(53)19-9-20-63-3)92-27-8-6-18-51-45-71(69-67-51)24-11-22-65-62(74)49-42-57(94-29-13-34-99(78,79)80)60(97-32-16-37-102(87,88)89)58(43-49)95-30-14-35-100(81,82)83/h38-45,63H,4-37H2,1-3H3,(H,64,73)(H,65,74)(H,75,76,77)(H,78,79,80)(H,81,82,83)(H,84,85,86)(H,87,88,89). The zero-order chi connectivity index (χ0) is 74.8. The number of benzene rings is 3. The molecule has 0 bridgehead atoms. The molecule has 0 radical (unpaired) electrons. The van der Waals surface area contributed by atoms with Gasteiger partial charge in [0.15, 0.2) is 28.8 Å². The number of aryl methyl sites for hydroxylation is 4. The Kier molecular flexibility index (Phi) is 35.8. The Hall–Kier alpha value is -7.54. The van der Waals surface area contributed by atoms with Crippen molar-refractivity contribution in [2.75, 3.05) is 108 Å². The first-order valence-electron chi connectivity index (χ1n) is 33.1. The van der Waals surface area contributed by atoms with Crippen LogP contribution in [0.3, 0.4) is 0 Å². The highest BCUT2D eigenvalue weighted by Crippen LogP contribution is 2.41. The Balaban J connectivity index is 1.10. The van der Waals surface area contributed by atoms with Crippen molar-refractivity contribution in [3.63, 3.8) is 0 Å². The van der Waals surface area contributed by atoms with Crippen molar-refractivity contribution in [3.8, 4) is 46.0 Å². The number of nitrogens with one attached hydrogen (secondary N) is 3. The summed E-state index contributed by atoms with van der Waals surface area (Å²) in [5.41, 5.74) is 2.86. The van der Waals surface area contributed by atoms with Crippen molar-refractivity contribution in [2.45, 2.75) is 130 Å². The van der Waals surface area contributed by atoms with Crippen LogP contribution in [0.1, 0.15) is 145 Å². The van der Waals surface area contributed by atoms with Gasteiger partial charge >= 0.3 is 0 Å². The van der Waals surface area contributed by atoms with Gasteiger partial charge in [0.2, 0.25) is 11.5 Å². The quantitative estimate of drug-likeness (QED) is 0.0148. The molecule has 102 heavy (non-hydrogen) atoms. The molecular formula is C62H93N9O26S5. The molecule has 5 rings (SSSR count). The number of unbranched alkanes of at least 4 members (excludes halogenated alkanes) is 2. The number of ether oxygens (including phenoxy) is 8. The number of hydrogen-bond acceptors (Lipinski definition) is 26. The van der Waals surface area contributed by atoms with Crippen LogP contribution in [0.25, 0.3) is 0 Å². The Morgan fingerprint density at radius 3 is 1.06 bits per heavy atom. The lowest BCUT2D eigenvalue weighted by molar-refractivity contribution is 0.0943. The number of rotatable bonds is 55. The summed E-state index contributed by atoms with van der Waals surface area (Å²) in [6.45, 7) is 4.85. The molecule has 5 aromatic rings. The number of aromatic nitrogens is 6. The van der Waals surface area contributed by atoms with Crippen LogP contribution in [0.2, 0.25) is 0 Å². The largest absolute Gasteiger partial charge is 0.493 e. The van der Waals surface area contributed by atoms with Crippen molar-refractivity contribution < 1.29 is 117 Å². The highest BCUT2D eigenvalue weighted by atomic mass is 32.2. The minimum atomic E-state index is -4.35. The molecular weight excluding hydrogens is 1450 g/mol. The summed E-state index contributed by atoms with van der Waals surface area (Å²) in [6.07, 6.45) is 9.56. The monoisotopic (exact) mass is 1540 g/mol. The minimum absolute atomic E-state index is 0.0144. The molecule has 35 nitrogen and oxygen atoms in total. The van der Waals surface area contributed by atoms with Crippen LogP contribution in [-0.2, 0) is 82.9 Å². The fourth-order valence-electron chi connectivity index (χ4n) is 9.61. The molecule has 8 N–H and O–H groups in total. The molecule has 0 saturated heterocycles. The normalized spacial score (nSPS) is 12.0. The Labute approximate surface area is 594 Å². The topological polar surface area (TPSA) is 494 Å². The fraction of sp³-hybridized carbons (Fsp3) is 0.597. The van der Waals surface area contributed by atoms with E-state index in [2.05, 4.69) is 36.6 Å². The van der Waals surface area contributed by atoms with Gasteiger partial charge in [-0.3, -0.25) is 46.5 Å². The van der Waals surface area contributed by atoms with Gasteiger partial charge in [-0.05, 0) is 160 Å². The van der Waals surface area contributed by atoms with E-state index in [1.54, 1.807) is 27.7 Å². The van der Waals surface area contributed by atoms with Crippen LogP contribution < -0.4 is 53.8 Å². The number of amides is 2. The molecule has 0 aliphatic heterocycles. The van der Waals surface area contributed by atoms with Gasteiger partial charge in [0.25, 0.3) is 62.4 Å². The SMILES string of the molecule is CCCOc1cc(C(=O)NCCCn2cc(CCCCOc3cc(C(C)=O)cc(OCCCCc4cn(CCCNC(=O)c5cc(OCCCS(=O)(=O)O)c(OCCCS(=O)(=O)O)c(OCCCS(=O)(=O)O)c5)nn4)c3CCCNC)nn2)cc(OCCCS(=O)(=O)O)c1OCCCS(=O)(=O)O. The van der Waals surface area contributed by atoms with E-state index in [0.717, 1.165) is 29.9 Å². The van der Waals surface area contributed by atoms with Gasteiger partial charge < -0.3 is 53.8 Å². The van der Waals surface area contributed by atoms with Gasteiger partial charge in [-0.15, -0.1) is 10.2 Å². The Morgan fingerprint density at radius 2 is 0.725 bits per heavy atom. The number of hydrogen-bond donors (Lipinski definition) is 8. The average molecular weight is 1540 g/mol. The molecule has 2 aromatic heterocycles. The highest BCUT2D eigenvalue weighted by Gasteiger charge is 2.24. The molecule has 2 heterocycles. The van der Waals surface area contributed by atoms with Gasteiger partial charge in [0, 0.05) is 60.8 Å². The van der Waals surface area contributed by atoms with Gasteiger partial charge in [-0.2, -0.15) is 42.1 Å². The van der Waals surface area contributed by atoms with E-state index < -0.39 is 91.2 Å². The minimum Gasteiger partial charge on any atom is -0.493 e. The summed E-state index contributed by atoms with van der Waals surface area (Å²) in [5, 5.41) is 25.9. The molecule has 0 aliphatic rings. The van der Waals surface area contributed by atoms with E-state index >= 15 is 0 Å². The zero-order valence-corrected chi connectivity index (χ0v) is 61.3. The van der Waals surface area contributed by atoms with Crippen molar-refractivity contribution in [1.82, 2.24) is 45.9 Å². The predicted octanol–water partition coefficient (Wildman–Crippen LogP) is 4.74. The summed E-state index contributed by atoms with van der Waals surface area (Å²) >= 11 is 0. The van der Waals surface area contributed by atoms with Crippen LogP contribution in [0.5, 0.6) is 46.0 Å². The first kappa shape index (κ1) is 85.1. The van der Waals surface area contributed by atoms with Crippen LogP contribution >= 0.6 is 0 Å². The van der Waals surface area contributed by atoms with Gasteiger partial charge in [-0.1, -0.05) is 17.4 Å². The van der Waals surface area contributed by atoms with E-state index in [-0.39, 0.29) is 136 Å². The van der Waals surface area contributed by atoms with Crippen LogP contribution in [-0.4, -0.2) is 221 Å². The molecule has 0 atom stereocenters. The third kappa shape index (κ3) is 34.6. The van der Waals surface area contributed by atoms with Crippen molar-refractivity contribution in [2.24, 2.45) is 0 Å². The number of nitrogens with zero attached hydrogens (tertiary/aromatic N) is 6. The molecule has 0 aliphatic carbocycles. The van der Waals surface area contributed by atoms with E-state index in [0.29, 0.717) is 108 Å². The third-order valence-electron chi connectivity index (χ3n) is 14.5. The van der Waals surface area contributed by atoms with Crippen molar-refractivity contribution >= 4 is 68.2 Å². The maximum atomic E-state index is 13.5. The number of ketones is 1. The van der Waals surface area contributed by atoms with Crippen molar-refractivity contribution in [1.29, 1.82) is 0 Å². The smallest absolute Gasteiger partial charge is 0.264 e. The molecule has 3 aromatic carbocycles. The second kappa shape index (κ2) is 42.9. The van der Waals surface area contributed by atoms with E-state index in [1.165, 1.54) is 31.2 Å². The molecule has 2 amide bonds. The Morgan fingerprint density at radius 1 is 0.402 bits per heavy atom. The van der Waals surface area contributed by atoms with Gasteiger partial charge in [-0.25, -0.2) is 0 Å². The molecule has 0 saturated carbocycles. The lowest BCUT2D eigenvalue weighted by atomic mass is 10.0. The van der Waals surface area contributed by atoms with Crippen molar-refractivity contribution in [3.05, 3.63) is 82.4 Å². The van der Waals surface area contributed by atoms with Gasteiger partial charge in [0.1, 0.15) is 11.5 Å². The van der Waals surface area contributed by atoms with E-state index in [4.69, 9.17) is 42.4 Å².